The largest absolute Gasteiger partial charge is 0.432 e. The first-order valence-corrected chi connectivity index (χ1v) is 7.61. The van der Waals surface area contributed by atoms with E-state index in [0.717, 1.165) is 12.1 Å². The molecule has 0 aliphatic carbocycles. The Hall–Kier alpha value is -2.98. The molecule has 1 heterocycles. The van der Waals surface area contributed by atoms with E-state index in [1.807, 2.05) is 5.10 Å². The molecule has 11 heteroatoms. The zero-order chi connectivity index (χ0) is 20.4. The Morgan fingerprint density at radius 1 is 1.11 bits per heavy atom. The minimum atomic E-state index is -4.62. The van der Waals surface area contributed by atoms with Crippen molar-refractivity contribution in [1.82, 2.24) is 15.5 Å². The lowest BCUT2D eigenvalue weighted by atomic mass is 10.1. The number of nitrogens with one attached hydrogen (secondary N) is 3. The molecule has 27 heavy (non-hydrogen) atoms. The van der Waals surface area contributed by atoms with E-state index in [1.165, 1.54) is 0 Å². The Morgan fingerprint density at radius 2 is 1.78 bits per heavy atom. The molecular formula is C16H16F5N5O. The quantitative estimate of drug-likeness (QED) is 0.416. The molecular weight excluding hydrogens is 373 g/mol. The van der Waals surface area contributed by atoms with Gasteiger partial charge >= 0.3 is 6.18 Å². The Balaban J connectivity index is 2.24. The number of alkyl halides is 3. The van der Waals surface area contributed by atoms with Crippen LogP contribution in [0.5, 0.6) is 0 Å². The van der Waals surface area contributed by atoms with Crippen LogP contribution in [0.2, 0.25) is 0 Å². The molecule has 0 unspecified atom stereocenters. The van der Waals surface area contributed by atoms with E-state index in [1.54, 1.807) is 20.8 Å². The SMILES string of the molecule is CC(C)(C)N=C(NC(=O)c1ccc(F)c(F)c1)Nc1cc(C(F)(F)F)[nH]n1. The van der Waals surface area contributed by atoms with Gasteiger partial charge in [-0.15, -0.1) is 0 Å². The highest BCUT2D eigenvalue weighted by Crippen LogP contribution is 2.28. The standard InChI is InChI=1S/C16H16F5N5O/c1-15(2,3)24-14(22-12-7-11(25-26-12)16(19,20)21)23-13(27)8-4-5-9(17)10(18)6-8/h4-7H,1-3H3,(H3,22,23,24,25,26,27). The maximum absolute atomic E-state index is 13.3. The molecule has 0 radical (unpaired) electrons. The van der Waals surface area contributed by atoms with Gasteiger partial charge in [0.1, 0.15) is 5.69 Å². The van der Waals surface area contributed by atoms with Gasteiger partial charge in [-0.3, -0.25) is 15.2 Å². The van der Waals surface area contributed by atoms with E-state index in [-0.39, 0.29) is 17.3 Å². The third-order valence-electron chi connectivity index (χ3n) is 2.99. The highest BCUT2D eigenvalue weighted by molar-refractivity contribution is 6.09. The Morgan fingerprint density at radius 3 is 2.30 bits per heavy atom. The van der Waals surface area contributed by atoms with E-state index < -0.39 is 35.0 Å². The predicted molar refractivity (Wildman–Crippen MR) is 88.2 cm³/mol. The van der Waals surface area contributed by atoms with Crippen molar-refractivity contribution in [3.63, 3.8) is 0 Å². The molecule has 1 aromatic heterocycles. The first kappa shape index (κ1) is 20.3. The lowest BCUT2D eigenvalue weighted by Crippen LogP contribution is -2.38. The lowest BCUT2D eigenvalue weighted by molar-refractivity contribution is -0.141. The van der Waals surface area contributed by atoms with Crippen LogP contribution in [0.15, 0.2) is 29.3 Å². The number of nitrogens with zero attached hydrogens (tertiary/aromatic N) is 2. The van der Waals surface area contributed by atoms with Gasteiger partial charge in [-0.25, -0.2) is 13.8 Å². The summed E-state index contributed by atoms with van der Waals surface area (Å²) in [5.74, 6) is -3.62. The van der Waals surface area contributed by atoms with Gasteiger partial charge in [-0.05, 0) is 39.0 Å². The van der Waals surface area contributed by atoms with Crippen LogP contribution in [-0.4, -0.2) is 27.6 Å². The number of halogens is 5. The minimum Gasteiger partial charge on any atom is -0.309 e. The number of guanidine groups is 1. The molecule has 6 nitrogen and oxygen atoms in total. The third-order valence-corrected chi connectivity index (χ3v) is 2.99. The zero-order valence-corrected chi connectivity index (χ0v) is 14.5. The van der Waals surface area contributed by atoms with Crippen molar-refractivity contribution in [3.05, 3.63) is 47.2 Å². The van der Waals surface area contributed by atoms with Gasteiger partial charge in [0.05, 0.1) is 5.54 Å². The summed E-state index contributed by atoms with van der Waals surface area (Å²) < 4.78 is 64.2. The smallest absolute Gasteiger partial charge is 0.309 e. The highest BCUT2D eigenvalue weighted by atomic mass is 19.4. The van der Waals surface area contributed by atoms with Crippen molar-refractivity contribution in [2.75, 3.05) is 5.32 Å². The predicted octanol–water partition coefficient (Wildman–Crippen LogP) is 3.70. The van der Waals surface area contributed by atoms with Crippen molar-refractivity contribution < 1.29 is 26.7 Å². The van der Waals surface area contributed by atoms with Gasteiger partial charge in [-0.1, -0.05) is 0 Å². The van der Waals surface area contributed by atoms with E-state index in [4.69, 9.17) is 0 Å². The van der Waals surface area contributed by atoms with Crippen LogP contribution in [0, 0.1) is 11.6 Å². The average Bonchev–Trinajstić information content (AvgIpc) is 2.96. The van der Waals surface area contributed by atoms with Crippen LogP contribution >= 0.6 is 0 Å². The number of aliphatic imine (C=N–C) groups is 1. The molecule has 146 valence electrons. The number of aromatic nitrogens is 2. The number of amides is 1. The van der Waals surface area contributed by atoms with Crippen molar-refractivity contribution in [3.8, 4) is 0 Å². The number of aromatic amines is 1. The first-order chi connectivity index (χ1) is 12.3. The van der Waals surface area contributed by atoms with Crippen LogP contribution in [0.25, 0.3) is 0 Å². The number of carbonyl (C=O) groups excluding carboxylic acids is 1. The number of rotatable bonds is 2. The van der Waals surface area contributed by atoms with E-state index in [0.29, 0.717) is 12.1 Å². The van der Waals surface area contributed by atoms with Crippen LogP contribution in [0.3, 0.4) is 0 Å². The first-order valence-electron chi connectivity index (χ1n) is 7.61. The molecule has 0 saturated carbocycles. The average molecular weight is 389 g/mol. The maximum atomic E-state index is 13.3. The summed E-state index contributed by atoms with van der Waals surface area (Å²) in [4.78, 5) is 16.4. The molecule has 0 aliphatic rings. The van der Waals surface area contributed by atoms with E-state index in [9.17, 15) is 26.7 Å². The fourth-order valence-corrected chi connectivity index (χ4v) is 1.89. The molecule has 1 aromatic carbocycles. The Bertz CT molecular complexity index is 867. The molecule has 0 fully saturated rings. The zero-order valence-electron chi connectivity index (χ0n) is 14.5. The number of benzene rings is 1. The van der Waals surface area contributed by atoms with Gasteiger partial charge in [0.25, 0.3) is 5.91 Å². The number of hydrogen-bond acceptors (Lipinski definition) is 3. The Kier molecular flexibility index (Phi) is 5.52. The molecule has 1 amide bonds. The normalized spacial score (nSPS) is 12.8. The molecule has 2 aromatic rings. The molecule has 0 bridgehead atoms. The summed E-state index contributed by atoms with van der Waals surface area (Å²) in [6.45, 7) is 5.05. The van der Waals surface area contributed by atoms with Crippen molar-refractivity contribution >= 4 is 17.7 Å². The number of hydrogen-bond donors (Lipinski definition) is 3. The second kappa shape index (κ2) is 7.33. The summed E-state index contributed by atoms with van der Waals surface area (Å²) in [6.07, 6.45) is -4.62. The van der Waals surface area contributed by atoms with Gasteiger partial charge in [-0.2, -0.15) is 18.3 Å². The van der Waals surface area contributed by atoms with Crippen LogP contribution in [-0.2, 0) is 6.18 Å². The molecule has 2 rings (SSSR count). The highest BCUT2D eigenvalue weighted by Gasteiger charge is 2.33. The summed E-state index contributed by atoms with van der Waals surface area (Å²) in [7, 11) is 0. The van der Waals surface area contributed by atoms with Crippen LogP contribution in [0.1, 0.15) is 36.8 Å². The van der Waals surface area contributed by atoms with Gasteiger partial charge in [0.2, 0.25) is 5.96 Å². The summed E-state index contributed by atoms with van der Waals surface area (Å²) in [5.41, 5.74) is -2.00. The fourth-order valence-electron chi connectivity index (χ4n) is 1.89. The van der Waals surface area contributed by atoms with E-state index in [2.05, 4.69) is 20.7 Å². The summed E-state index contributed by atoms with van der Waals surface area (Å²) >= 11 is 0. The van der Waals surface area contributed by atoms with Gasteiger partial charge < -0.3 is 5.32 Å². The minimum absolute atomic E-state index is 0.199. The molecule has 0 aliphatic heterocycles. The van der Waals surface area contributed by atoms with Gasteiger partial charge in [0, 0.05) is 11.6 Å². The summed E-state index contributed by atoms with van der Waals surface area (Å²) in [6, 6.07) is 3.22. The van der Waals surface area contributed by atoms with Crippen molar-refractivity contribution in [2.24, 2.45) is 4.99 Å². The van der Waals surface area contributed by atoms with Crippen molar-refractivity contribution in [1.29, 1.82) is 0 Å². The monoisotopic (exact) mass is 389 g/mol. The molecule has 0 saturated heterocycles. The van der Waals surface area contributed by atoms with Gasteiger partial charge in [0.15, 0.2) is 17.5 Å². The van der Waals surface area contributed by atoms with E-state index >= 15 is 0 Å². The summed E-state index contributed by atoms with van der Waals surface area (Å²) in [5, 5.41) is 10.0. The van der Waals surface area contributed by atoms with Crippen molar-refractivity contribution in [2.45, 2.75) is 32.5 Å². The number of anilines is 1. The number of carbonyl (C=O) groups is 1. The third kappa shape index (κ3) is 5.76. The second-order valence-electron chi connectivity index (χ2n) is 6.50. The second-order valence-corrected chi connectivity index (χ2v) is 6.50. The maximum Gasteiger partial charge on any atom is 0.432 e. The van der Waals surface area contributed by atoms with Crippen LogP contribution < -0.4 is 10.6 Å². The topological polar surface area (TPSA) is 82.2 Å². The Labute approximate surface area is 150 Å². The number of H-pyrrole nitrogens is 1. The lowest BCUT2D eigenvalue weighted by Gasteiger charge is -2.17. The van der Waals surface area contributed by atoms with Crippen LogP contribution in [0.4, 0.5) is 27.8 Å². The fraction of sp³-hybridized carbons (Fsp3) is 0.312. The molecule has 0 atom stereocenters. The molecule has 0 spiro atoms. The molecule has 3 N–H and O–H groups in total.